The number of aromatic hydroxyl groups is 1. The van der Waals surface area contributed by atoms with Gasteiger partial charge in [-0.3, -0.25) is 0 Å². The number of hydrogen-bond donors (Lipinski definition) is 1. The Kier molecular flexibility index (Phi) is 3.45. The minimum atomic E-state index is 0.344. The van der Waals surface area contributed by atoms with Gasteiger partial charge in [0.1, 0.15) is 5.75 Å². The van der Waals surface area contributed by atoms with E-state index in [2.05, 4.69) is 11.0 Å². The van der Waals surface area contributed by atoms with Crippen molar-refractivity contribution in [2.24, 2.45) is 11.8 Å². The monoisotopic (exact) mass is 285 g/mol. The van der Waals surface area contributed by atoms with Crippen molar-refractivity contribution >= 4 is 0 Å². The molecule has 0 unspecified atom stereocenters. The standard InChI is InChI=1S/C19H27NO/c21-18-6-3-5-16(12-18)19-9-2-1-4-17(19)14-20(11-10-19)13-15-7-8-15/h3,5-6,12,15,17,21H,1-2,4,7-11,13-14H2/t17-,19-/m0/s1. The van der Waals surface area contributed by atoms with Crippen molar-refractivity contribution in [3.63, 3.8) is 0 Å². The van der Waals surface area contributed by atoms with E-state index in [0.717, 1.165) is 11.8 Å². The van der Waals surface area contributed by atoms with Crippen LogP contribution in [0, 0.1) is 11.8 Å². The number of benzene rings is 1. The third-order valence-electron chi connectivity index (χ3n) is 6.19. The average Bonchev–Trinajstić information content (AvgIpc) is 3.31. The van der Waals surface area contributed by atoms with Gasteiger partial charge in [-0.05, 0) is 68.2 Å². The maximum Gasteiger partial charge on any atom is 0.115 e. The van der Waals surface area contributed by atoms with Crippen LogP contribution in [0.2, 0.25) is 0 Å². The molecule has 1 N–H and O–H groups in total. The Morgan fingerprint density at radius 2 is 2.05 bits per heavy atom. The fraction of sp³-hybridized carbons (Fsp3) is 0.684. The van der Waals surface area contributed by atoms with Crippen molar-refractivity contribution in [2.75, 3.05) is 19.6 Å². The fourth-order valence-corrected chi connectivity index (χ4v) is 4.84. The maximum atomic E-state index is 9.90. The molecule has 1 aromatic rings. The number of phenolic OH excluding ortho intramolecular Hbond substituents is 1. The molecule has 2 heteroatoms. The van der Waals surface area contributed by atoms with Crippen LogP contribution in [0.5, 0.6) is 5.75 Å². The highest BCUT2D eigenvalue weighted by Crippen LogP contribution is 2.49. The zero-order valence-corrected chi connectivity index (χ0v) is 12.9. The molecule has 0 bridgehead atoms. The maximum absolute atomic E-state index is 9.90. The van der Waals surface area contributed by atoms with E-state index in [1.54, 1.807) is 6.07 Å². The number of likely N-dealkylation sites (tertiary alicyclic amines) is 1. The highest BCUT2D eigenvalue weighted by Gasteiger charge is 2.45. The van der Waals surface area contributed by atoms with Crippen molar-refractivity contribution in [1.82, 2.24) is 4.90 Å². The third-order valence-corrected chi connectivity index (χ3v) is 6.19. The second-order valence-electron chi connectivity index (χ2n) is 7.60. The summed E-state index contributed by atoms with van der Waals surface area (Å²) >= 11 is 0. The van der Waals surface area contributed by atoms with Crippen LogP contribution >= 0.6 is 0 Å². The number of rotatable bonds is 3. The molecule has 0 radical (unpaired) electrons. The van der Waals surface area contributed by atoms with Crippen molar-refractivity contribution in [3.8, 4) is 5.75 Å². The van der Waals surface area contributed by atoms with E-state index in [0.29, 0.717) is 11.2 Å². The van der Waals surface area contributed by atoms with Crippen LogP contribution in [0.1, 0.15) is 50.5 Å². The number of hydrogen-bond acceptors (Lipinski definition) is 2. The highest BCUT2D eigenvalue weighted by molar-refractivity contribution is 5.35. The van der Waals surface area contributed by atoms with Crippen LogP contribution < -0.4 is 0 Å². The van der Waals surface area contributed by atoms with Gasteiger partial charge in [0.15, 0.2) is 0 Å². The van der Waals surface area contributed by atoms with Crippen LogP contribution in [0.15, 0.2) is 24.3 Å². The number of nitrogens with zero attached hydrogens (tertiary/aromatic N) is 1. The van der Waals surface area contributed by atoms with Crippen LogP contribution in [-0.4, -0.2) is 29.6 Å². The van der Waals surface area contributed by atoms with E-state index in [1.807, 2.05) is 12.1 Å². The van der Waals surface area contributed by atoms with E-state index in [9.17, 15) is 5.11 Å². The second-order valence-corrected chi connectivity index (χ2v) is 7.60. The first-order valence-corrected chi connectivity index (χ1v) is 8.78. The molecule has 2 aliphatic carbocycles. The van der Waals surface area contributed by atoms with Crippen LogP contribution in [0.3, 0.4) is 0 Å². The molecule has 1 saturated heterocycles. The van der Waals surface area contributed by atoms with E-state index >= 15 is 0 Å². The first-order chi connectivity index (χ1) is 10.3. The summed E-state index contributed by atoms with van der Waals surface area (Å²) in [7, 11) is 0. The summed E-state index contributed by atoms with van der Waals surface area (Å²) in [4.78, 5) is 2.73. The molecule has 1 heterocycles. The van der Waals surface area contributed by atoms with E-state index in [-0.39, 0.29) is 0 Å². The molecule has 0 aromatic heterocycles. The van der Waals surface area contributed by atoms with Gasteiger partial charge >= 0.3 is 0 Å². The molecule has 2 atom stereocenters. The lowest BCUT2D eigenvalue weighted by atomic mass is 9.59. The van der Waals surface area contributed by atoms with Crippen LogP contribution in [0.4, 0.5) is 0 Å². The predicted molar refractivity (Wildman–Crippen MR) is 85.5 cm³/mol. The molecule has 3 fully saturated rings. The van der Waals surface area contributed by atoms with Gasteiger partial charge in [0.2, 0.25) is 0 Å². The summed E-state index contributed by atoms with van der Waals surface area (Å²) in [6, 6.07) is 8.13. The molecule has 114 valence electrons. The SMILES string of the molecule is Oc1cccc([C@@]23CCCC[C@H]2CN(CC2CC2)CC3)c1. The Labute approximate surface area is 128 Å². The van der Waals surface area contributed by atoms with E-state index in [1.165, 1.54) is 70.1 Å². The normalized spacial score (nSPS) is 33.6. The van der Waals surface area contributed by atoms with Gasteiger partial charge in [0.25, 0.3) is 0 Å². The Hall–Kier alpha value is -1.02. The minimum Gasteiger partial charge on any atom is -0.508 e. The summed E-state index contributed by atoms with van der Waals surface area (Å²) in [5.74, 6) is 2.23. The van der Waals surface area contributed by atoms with Gasteiger partial charge in [0, 0.05) is 18.5 Å². The molecule has 2 nitrogen and oxygen atoms in total. The molecule has 4 rings (SSSR count). The van der Waals surface area contributed by atoms with Crippen molar-refractivity contribution < 1.29 is 5.11 Å². The Morgan fingerprint density at radius 1 is 1.14 bits per heavy atom. The lowest BCUT2D eigenvalue weighted by Crippen LogP contribution is -2.51. The fourth-order valence-electron chi connectivity index (χ4n) is 4.84. The average molecular weight is 285 g/mol. The summed E-state index contributed by atoms with van der Waals surface area (Å²) in [5.41, 5.74) is 1.75. The quantitative estimate of drug-likeness (QED) is 0.909. The largest absolute Gasteiger partial charge is 0.508 e. The minimum absolute atomic E-state index is 0.344. The molecular formula is C19H27NO. The Morgan fingerprint density at radius 3 is 2.86 bits per heavy atom. The molecule has 21 heavy (non-hydrogen) atoms. The van der Waals surface area contributed by atoms with Gasteiger partial charge in [-0.1, -0.05) is 25.0 Å². The predicted octanol–water partition coefficient (Wildman–Crippen LogP) is 3.94. The number of phenols is 1. The molecule has 2 saturated carbocycles. The lowest BCUT2D eigenvalue weighted by Gasteiger charge is -2.51. The van der Waals surface area contributed by atoms with Gasteiger partial charge < -0.3 is 10.0 Å². The van der Waals surface area contributed by atoms with Gasteiger partial charge in [-0.15, -0.1) is 0 Å². The van der Waals surface area contributed by atoms with Crippen LogP contribution in [0.25, 0.3) is 0 Å². The first-order valence-electron chi connectivity index (χ1n) is 8.78. The van der Waals surface area contributed by atoms with Crippen LogP contribution in [-0.2, 0) is 5.41 Å². The van der Waals surface area contributed by atoms with E-state index < -0.39 is 0 Å². The summed E-state index contributed by atoms with van der Waals surface area (Å²) < 4.78 is 0. The number of fused-ring (bicyclic) bond motifs is 1. The molecule has 1 aliphatic heterocycles. The summed E-state index contributed by atoms with van der Waals surface area (Å²) in [6.45, 7) is 3.88. The Balaban J connectivity index is 1.59. The molecular weight excluding hydrogens is 258 g/mol. The van der Waals surface area contributed by atoms with Crippen molar-refractivity contribution in [3.05, 3.63) is 29.8 Å². The lowest BCUT2D eigenvalue weighted by molar-refractivity contribution is 0.0537. The van der Waals surface area contributed by atoms with Crippen molar-refractivity contribution in [1.29, 1.82) is 0 Å². The van der Waals surface area contributed by atoms with E-state index in [4.69, 9.17) is 0 Å². The third kappa shape index (κ3) is 2.59. The molecule has 0 spiro atoms. The highest BCUT2D eigenvalue weighted by atomic mass is 16.3. The molecule has 0 amide bonds. The summed E-state index contributed by atoms with van der Waals surface area (Å²) in [5, 5.41) is 9.90. The topological polar surface area (TPSA) is 23.5 Å². The van der Waals surface area contributed by atoms with Gasteiger partial charge in [-0.25, -0.2) is 0 Å². The van der Waals surface area contributed by atoms with Crippen molar-refractivity contribution in [2.45, 2.75) is 50.4 Å². The smallest absolute Gasteiger partial charge is 0.115 e. The first kappa shape index (κ1) is 13.6. The zero-order chi connectivity index (χ0) is 14.3. The Bertz CT molecular complexity index is 510. The number of piperidine rings is 1. The zero-order valence-electron chi connectivity index (χ0n) is 12.9. The van der Waals surface area contributed by atoms with Gasteiger partial charge in [0.05, 0.1) is 0 Å². The molecule has 3 aliphatic rings. The van der Waals surface area contributed by atoms with Gasteiger partial charge in [-0.2, -0.15) is 0 Å². The summed E-state index contributed by atoms with van der Waals surface area (Å²) in [6.07, 6.45) is 9.64. The molecule has 1 aromatic carbocycles. The second kappa shape index (κ2) is 5.31.